The average molecular weight is 338 g/mol. The number of rotatable bonds is 2. The first-order valence-corrected chi connectivity index (χ1v) is 8.54. The Morgan fingerprint density at radius 1 is 0.885 bits per heavy atom. The van der Waals surface area contributed by atoms with E-state index in [1.165, 1.54) is 0 Å². The van der Waals surface area contributed by atoms with Gasteiger partial charge < -0.3 is 5.32 Å². The monoisotopic (exact) mass is 338 g/mol. The summed E-state index contributed by atoms with van der Waals surface area (Å²) >= 11 is 0. The number of fused-ring (bicyclic) bond motifs is 1. The third-order valence-electron chi connectivity index (χ3n) is 4.29. The fourth-order valence-corrected chi connectivity index (χ4v) is 3.00. The van der Waals surface area contributed by atoms with Crippen LogP contribution in [0.4, 0.5) is 5.69 Å². The molecule has 0 unspecified atom stereocenters. The van der Waals surface area contributed by atoms with Crippen molar-refractivity contribution in [1.29, 1.82) is 0 Å². The highest BCUT2D eigenvalue weighted by molar-refractivity contribution is 6.22. The van der Waals surface area contributed by atoms with Crippen molar-refractivity contribution in [2.75, 3.05) is 5.32 Å². The van der Waals surface area contributed by atoms with Gasteiger partial charge in [-0.3, -0.25) is 4.79 Å². The van der Waals surface area contributed by atoms with E-state index in [4.69, 9.17) is 4.99 Å². The van der Waals surface area contributed by atoms with Gasteiger partial charge in [0.05, 0.1) is 11.4 Å². The van der Waals surface area contributed by atoms with Crippen LogP contribution in [0, 0.1) is 6.92 Å². The van der Waals surface area contributed by atoms with Gasteiger partial charge in [0, 0.05) is 11.1 Å². The Kier molecular flexibility index (Phi) is 4.20. The summed E-state index contributed by atoms with van der Waals surface area (Å²) in [6, 6.07) is 25.7. The van der Waals surface area contributed by atoms with Crippen LogP contribution >= 0.6 is 0 Å². The van der Waals surface area contributed by atoms with Crippen molar-refractivity contribution < 1.29 is 4.79 Å². The zero-order chi connectivity index (χ0) is 17.9. The number of benzodiazepines with no additional fused rings is 1. The minimum absolute atomic E-state index is 0.204. The smallest absolute Gasteiger partial charge is 0.274 e. The molecule has 0 bridgehead atoms. The van der Waals surface area contributed by atoms with Crippen molar-refractivity contribution >= 4 is 23.4 Å². The van der Waals surface area contributed by atoms with E-state index in [0.29, 0.717) is 5.70 Å². The summed E-state index contributed by atoms with van der Waals surface area (Å²) in [5, 5.41) is 3.00. The van der Waals surface area contributed by atoms with E-state index >= 15 is 0 Å². The summed E-state index contributed by atoms with van der Waals surface area (Å²) in [6.07, 6.45) is 1.82. The molecule has 3 aromatic rings. The Balaban J connectivity index is 1.93. The predicted octanol–water partition coefficient (Wildman–Crippen LogP) is 4.83. The van der Waals surface area contributed by atoms with Crippen LogP contribution in [-0.4, -0.2) is 11.6 Å². The minimum Gasteiger partial charge on any atom is -0.320 e. The van der Waals surface area contributed by atoms with Crippen LogP contribution in [0.1, 0.15) is 22.3 Å². The zero-order valence-electron chi connectivity index (χ0n) is 14.4. The molecule has 0 spiro atoms. The van der Waals surface area contributed by atoms with E-state index in [1.54, 1.807) is 0 Å². The molecule has 3 heteroatoms. The maximum absolute atomic E-state index is 12.8. The second kappa shape index (κ2) is 6.81. The molecule has 126 valence electrons. The van der Waals surface area contributed by atoms with Crippen molar-refractivity contribution in [3.8, 4) is 0 Å². The van der Waals surface area contributed by atoms with Gasteiger partial charge in [-0.05, 0) is 30.7 Å². The zero-order valence-corrected chi connectivity index (χ0v) is 14.4. The van der Waals surface area contributed by atoms with Gasteiger partial charge in [-0.15, -0.1) is 0 Å². The number of aliphatic imine (C=N–C) groups is 1. The molecule has 1 amide bonds. The topological polar surface area (TPSA) is 41.5 Å². The van der Waals surface area contributed by atoms with E-state index in [2.05, 4.69) is 11.4 Å². The van der Waals surface area contributed by atoms with Gasteiger partial charge in [0.15, 0.2) is 0 Å². The second-order valence-electron chi connectivity index (χ2n) is 6.27. The van der Waals surface area contributed by atoms with Crippen LogP contribution in [0.5, 0.6) is 0 Å². The predicted molar refractivity (Wildman–Crippen MR) is 106 cm³/mol. The fourth-order valence-electron chi connectivity index (χ4n) is 3.00. The molecule has 0 atom stereocenters. The number of anilines is 1. The molecule has 1 aliphatic rings. The van der Waals surface area contributed by atoms with Gasteiger partial charge in [-0.2, -0.15) is 0 Å². The van der Waals surface area contributed by atoms with Crippen molar-refractivity contribution in [2.45, 2.75) is 6.92 Å². The molecule has 26 heavy (non-hydrogen) atoms. The molecule has 3 aromatic carbocycles. The van der Waals surface area contributed by atoms with Crippen LogP contribution in [0.3, 0.4) is 0 Å². The van der Waals surface area contributed by atoms with Crippen LogP contribution in [-0.2, 0) is 4.79 Å². The lowest BCUT2D eigenvalue weighted by Gasteiger charge is -2.10. The molecule has 0 saturated heterocycles. The van der Waals surface area contributed by atoms with E-state index in [1.807, 2.05) is 85.8 Å². The lowest BCUT2D eigenvalue weighted by atomic mass is 9.99. The lowest BCUT2D eigenvalue weighted by molar-refractivity contribution is -0.112. The summed E-state index contributed by atoms with van der Waals surface area (Å²) < 4.78 is 0. The third kappa shape index (κ3) is 3.20. The highest BCUT2D eigenvalue weighted by atomic mass is 16.2. The van der Waals surface area contributed by atoms with Gasteiger partial charge in [0.25, 0.3) is 5.91 Å². The molecule has 0 aliphatic carbocycles. The van der Waals surface area contributed by atoms with Gasteiger partial charge in [0.2, 0.25) is 0 Å². The molecule has 3 nitrogen and oxygen atoms in total. The van der Waals surface area contributed by atoms with E-state index in [0.717, 1.165) is 33.7 Å². The number of hydrogen-bond acceptors (Lipinski definition) is 2. The molecule has 0 saturated carbocycles. The van der Waals surface area contributed by atoms with Crippen molar-refractivity contribution in [2.24, 2.45) is 4.99 Å². The van der Waals surface area contributed by atoms with Crippen LogP contribution in [0.15, 0.2) is 89.6 Å². The number of nitrogens with one attached hydrogen (secondary N) is 1. The average Bonchev–Trinajstić information content (AvgIpc) is 2.80. The molecule has 1 heterocycles. The Labute approximate surface area is 152 Å². The molecular weight excluding hydrogens is 320 g/mol. The van der Waals surface area contributed by atoms with Crippen LogP contribution in [0.2, 0.25) is 0 Å². The summed E-state index contributed by atoms with van der Waals surface area (Å²) in [7, 11) is 0. The molecule has 0 fully saturated rings. The van der Waals surface area contributed by atoms with Crippen LogP contribution < -0.4 is 5.32 Å². The standard InChI is InChI=1S/C23H18N2O/c1-16-12-13-20-19(14-16)22(18-10-6-3-7-11-18)24-21(23(26)25-20)15-17-8-4-2-5-9-17/h2-15H,1H3,(H,25,26)/b21-15+. The normalized spacial score (nSPS) is 15.0. The Morgan fingerprint density at radius 3 is 2.31 bits per heavy atom. The number of amides is 1. The summed E-state index contributed by atoms with van der Waals surface area (Å²) in [5.74, 6) is -0.204. The highest BCUT2D eigenvalue weighted by Gasteiger charge is 2.21. The highest BCUT2D eigenvalue weighted by Crippen LogP contribution is 2.27. The van der Waals surface area contributed by atoms with Crippen LogP contribution in [0.25, 0.3) is 6.08 Å². The van der Waals surface area contributed by atoms with Crippen molar-refractivity contribution in [3.63, 3.8) is 0 Å². The number of hydrogen-bond donors (Lipinski definition) is 1. The van der Waals surface area contributed by atoms with Gasteiger partial charge >= 0.3 is 0 Å². The van der Waals surface area contributed by atoms with Gasteiger partial charge in [0.1, 0.15) is 5.70 Å². The maximum Gasteiger partial charge on any atom is 0.274 e. The Morgan fingerprint density at radius 2 is 1.58 bits per heavy atom. The molecule has 0 aromatic heterocycles. The fraction of sp³-hybridized carbons (Fsp3) is 0.0435. The molecule has 1 aliphatic heterocycles. The summed E-state index contributed by atoms with van der Waals surface area (Å²) in [6.45, 7) is 2.04. The van der Waals surface area contributed by atoms with Crippen molar-refractivity contribution in [1.82, 2.24) is 0 Å². The van der Waals surface area contributed by atoms with E-state index in [9.17, 15) is 4.79 Å². The number of nitrogens with zero attached hydrogens (tertiary/aromatic N) is 1. The number of benzene rings is 3. The molecule has 4 rings (SSSR count). The first-order valence-electron chi connectivity index (χ1n) is 8.54. The largest absolute Gasteiger partial charge is 0.320 e. The number of carbonyl (C=O) groups is 1. The Hall–Kier alpha value is -3.46. The molecule has 1 N–H and O–H groups in total. The van der Waals surface area contributed by atoms with E-state index < -0.39 is 0 Å². The SMILES string of the molecule is Cc1ccc2c(c1)C(c1ccccc1)=N/C(=C/c1ccccc1)C(=O)N2. The third-order valence-corrected chi connectivity index (χ3v) is 4.29. The molecule has 0 radical (unpaired) electrons. The lowest BCUT2D eigenvalue weighted by Crippen LogP contribution is -2.12. The summed E-state index contributed by atoms with van der Waals surface area (Å²) in [4.78, 5) is 17.5. The molecular formula is C23H18N2O. The van der Waals surface area contributed by atoms with Gasteiger partial charge in [-0.25, -0.2) is 4.99 Å². The number of aryl methyl sites for hydroxylation is 1. The van der Waals surface area contributed by atoms with Crippen molar-refractivity contribution in [3.05, 3.63) is 107 Å². The van der Waals surface area contributed by atoms with E-state index in [-0.39, 0.29) is 5.91 Å². The minimum atomic E-state index is -0.204. The number of carbonyl (C=O) groups excluding carboxylic acids is 1. The second-order valence-corrected chi connectivity index (χ2v) is 6.27. The van der Waals surface area contributed by atoms with Gasteiger partial charge in [-0.1, -0.05) is 72.3 Å². The summed E-state index contributed by atoms with van der Waals surface area (Å²) in [5.41, 5.74) is 5.94. The first kappa shape index (κ1) is 16.0. The quantitative estimate of drug-likeness (QED) is 0.668. The maximum atomic E-state index is 12.8. The first-order chi connectivity index (χ1) is 12.7. The Bertz CT molecular complexity index is 1020.